The molecule has 0 amide bonds. The Labute approximate surface area is 168 Å². The van der Waals surface area contributed by atoms with E-state index in [1.807, 2.05) is 54.6 Å². The highest BCUT2D eigenvalue weighted by atomic mass is 35.5. The summed E-state index contributed by atoms with van der Waals surface area (Å²) in [6.07, 6.45) is 2.87. The lowest BCUT2D eigenvalue weighted by molar-refractivity contribution is 0.360. The molecular weight excluding hydrogens is 372 g/mol. The summed E-state index contributed by atoms with van der Waals surface area (Å²) in [4.78, 5) is 8.75. The molecule has 1 atom stereocenters. The second kappa shape index (κ2) is 8.23. The molecule has 0 aliphatic carbocycles. The maximum atomic E-state index is 6.22. The molecule has 0 aliphatic heterocycles. The van der Waals surface area contributed by atoms with E-state index in [0.717, 1.165) is 17.5 Å². The maximum Gasteiger partial charge on any atom is 0.234 e. The first kappa shape index (κ1) is 18.2. The molecule has 0 fully saturated rings. The summed E-state index contributed by atoms with van der Waals surface area (Å²) in [5.74, 6) is 1.52. The molecule has 0 spiro atoms. The van der Waals surface area contributed by atoms with E-state index in [2.05, 4.69) is 27.3 Å². The quantitative estimate of drug-likeness (QED) is 0.517. The van der Waals surface area contributed by atoms with E-state index in [0.29, 0.717) is 29.0 Å². The summed E-state index contributed by atoms with van der Waals surface area (Å²) < 4.78 is 5.64. The van der Waals surface area contributed by atoms with Gasteiger partial charge in [-0.15, -0.1) is 0 Å². The van der Waals surface area contributed by atoms with Gasteiger partial charge in [0.2, 0.25) is 5.89 Å². The van der Waals surface area contributed by atoms with E-state index < -0.39 is 0 Å². The van der Waals surface area contributed by atoms with E-state index in [1.165, 1.54) is 5.56 Å². The lowest BCUT2D eigenvalue weighted by Crippen LogP contribution is -2.06. The van der Waals surface area contributed by atoms with Crippen molar-refractivity contribution >= 4 is 17.4 Å². The van der Waals surface area contributed by atoms with Crippen LogP contribution in [0.5, 0.6) is 0 Å². The number of halogens is 1. The lowest BCUT2D eigenvalue weighted by Gasteiger charge is -2.14. The van der Waals surface area contributed by atoms with Crippen molar-refractivity contribution in [3.05, 3.63) is 106 Å². The third-order valence-corrected chi connectivity index (χ3v) is 4.83. The third-order valence-electron chi connectivity index (χ3n) is 4.59. The number of hydrogen-bond donors (Lipinski definition) is 1. The van der Waals surface area contributed by atoms with Crippen LogP contribution in [-0.2, 0) is 12.8 Å². The highest BCUT2D eigenvalue weighted by Crippen LogP contribution is 2.29. The minimum Gasteiger partial charge on any atom is -0.383 e. The van der Waals surface area contributed by atoms with E-state index in [-0.39, 0.29) is 5.92 Å². The van der Waals surface area contributed by atoms with Gasteiger partial charge in [-0.25, -0.2) is 4.98 Å². The van der Waals surface area contributed by atoms with Crippen LogP contribution in [0.15, 0.2) is 77.4 Å². The summed E-state index contributed by atoms with van der Waals surface area (Å²) >= 11 is 6.22. The number of nitrogens with two attached hydrogens (primary N) is 1. The number of aromatic nitrogens is 3. The smallest absolute Gasteiger partial charge is 0.234 e. The fraction of sp³-hybridized carbons (Fsp3) is 0.136. The van der Waals surface area contributed by atoms with Crippen molar-refractivity contribution in [3.8, 4) is 0 Å². The van der Waals surface area contributed by atoms with Crippen LogP contribution < -0.4 is 5.73 Å². The van der Waals surface area contributed by atoms with Crippen LogP contribution in [0.4, 0.5) is 5.82 Å². The predicted molar refractivity (Wildman–Crippen MR) is 109 cm³/mol. The number of benzene rings is 2. The van der Waals surface area contributed by atoms with Gasteiger partial charge >= 0.3 is 0 Å². The Bertz CT molecular complexity index is 1060. The summed E-state index contributed by atoms with van der Waals surface area (Å²) in [5.41, 5.74) is 9.02. The van der Waals surface area contributed by atoms with Gasteiger partial charge in [-0.2, -0.15) is 4.98 Å². The van der Waals surface area contributed by atoms with Gasteiger partial charge in [0, 0.05) is 23.2 Å². The van der Waals surface area contributed by atoms with E-state index >= 15 is 0 Å². The number of nitrogens with zero attached hydrogens (tertiary/aromatic N) is 3. The molecule has 5 nitrogen and oxygen atoms in total. The topological polar surface area (TPSA) is 77.8 Å². The molecule has 1 unspecified atom stereocenters. The third kappa shape index (κ3) is 4.21. The van der Waals surface area contributed by atoms with Gasteiger partial charge in [0.25, 0.3) is 0 Å². The SMILES string of the molecule is Nc1ncccc1Cc1noc(C(Cc2ccccc2)c2cccc(Cl)c2)n1. The number of nitrogen functional groups attached to an aromatic ring is 1. The van der Waals surface area contributed by atoms with E-state index in [9.17, 15) is 0 Å². The number of anilines is 1. The molecule has 4 rings (SSSR count). The molecule has 0 radical (unpaired) electrons. The second-order valence-electron chi connectivity index (χ2n) is 6.57. The minimum absolute atomic E-state index is 0.0893. The molecule has 0 saturated heterocycles. The molecule has 2 aromatic carbocycles. The standard InChI is InChI=1S/C22H19ClN4O/c23-18-10-4-8-16(13-18)19(12-15-6-2-1-3-7-15)22-26-20(27-28-22)14-17-9-5-11-25-21(17)24/h1-11,13,19H,12,14H2,(H2,24,25). The van der Waals surface area contributed by atoms with E-state index in [1.54, 1.807) is 6.20 Å². The number of hydrogen-bond acceptors (Lipinski definition) is 5. The molecular formula is C22H19ClN4O. The first-order chi connectivity index (χ1) is 13.7. The van der Waals surface area contributed by atoms with Crippen LogP contribution in [-0.4, -0.2) is 15.1 Å². The molecule has 0 saturated carbocycles. The van der Waals surface area contributed by atoms with Crippen molar-refractivity contribution in [3.63, 3.8) is 0 Å². The van der Waals surface area contributed by atoms with Crippen LogP contribution in [0, 0.1) is 0 Å². The Hall–Kier alpha value is -3.18. The van der Waals surface area contributed by atoms with Crippen molar-refractivity contribution in [1.82, 2.24) is 15.1 Å². The zero-order chi connectivity index (χ0) is 19.3. The van der Waals surface area contributed by atoms with Gasteiger partial charge in [0.05, 0.1) is 5.92 Å². The molecule has 2 N–H and O–H groups in total. The first-order valence-electron chi connectivity index (χ1n) is 9.00. The maximum absolute atomic E-state index is 6.22. The monoisotopic (exact) mass is 390 g/mol. The van der Waals surface area contributed by atoms with Crippen LogP contribution in [0.1, 0.15) is 34.3 Å². The summed E-state index contributed by atoms with van der Waals surface area (Å²) in [6.45, 7) is 0. The molecule has 0 aliphatic rings. The summed E-state index contributed by atoms with van der Waals surface area (Å²) in [6, 6.07) is 21.7. The molecule has 28 heavy (non-hydrogen) atoms. The van der Waals surface area contributed by atoms with Crippen LogP contribution in [0.2, 0.25) is 5.02 Å². The Morgan fingerprint density at radius 2 is 1.86 bits per heavy atom. The van der Waals surface area contributed by atoms with Gasteiger partial charge in [-0.3, -0.25) is 0 Å². The van der Waals surface area contributed by atoms with Crippen molar-refractivity contribution in [2.75, 3.05) is 5.73 Å². The normalized spacial score (nSPS) is 12.0. The fourth-order valence-corrected chi connectivity index (χ4v) is 3.37. The van der Waals surface area contributed by atoms with Crippen LogP contribution in [0.25, 0.3) is 0 Å². The lowest BCUT2D eigenvalue weighted by atomic mass is 9.92. The van der Waals surface area contributed by atoms with Crippen molar-refractivity contribution in [2.24, 2.45) is 0 Å². The Balaban J connectivity index is 1.65. The molecule has 0 bridgehead atoms. The zero-order valence-corrected chi connectivity index (χ0v) is 15.9. The summed E-state index contributed by atoms with van der Waals surface area (Å²) in [5, 5.41) is 4.84. The zero-order valence-electron chi connectivity index (χ0n) is 15.1. The van der Waals surface area contributed by atoms with Crippen molar-refractivity contribution < 1.29 is 4.52 Å². The van der Waals surface area contributed by atoms with Gasteiger partial charge < -0.3 is 10.3 Å². The fourth-order valence-electron chi connectivity index (χ4n) is 3.17. The predicted octanol–water partition coefficient (Wildman–Crippen LogP) is 4.67. The van der Waals surface area contributed by atoms with Gasteiger partial charge in [0.15, 0.2) is 5.82 Å². The van der Waals surface area contributed by atoms with E-state index in [4.69, 9.17) is 21.9 Å². The minimum atomic E-state index is -0.0893. The second-order valence-corrected chi connectivity index (χ2v) is 7.01. The van der Waals surface area contributed by atoms with Crippen molar-refractivity contribution in [1.29, 1.82) is 0 Å². The van der Waals surface area contributed by atoms with Gasteiger partial charge in [-0.1, -0.05) is 65.3 Å². The first-order valence-corrected chi connectivity index (χ1v) is 9.38. The average molecular weight is 391 g/mol. The molecule has 4 aromatic rings. The highest BCUT2D eigenvalue weighted by molar-refractivity contribution is 6.30. The Morgan fingerprint density at radius 3 is 2.64 bits per heavy atom. The largest absolute Gasteiger partial charge is 0.383 e. The highest BCUT2D eigenvalue weighted by Gasteiger charge is 2.22. The van der Waals surface area contributed by atoms with Gasteiger partial charge in [-0.05, 0) is 35.7 Å². The molecule has 140 valence electrons. The van der Waals surface area contributed by atoms with Crippen LogP contribution >= 0.6 is 11.6 Å². The number of pyridine rings is 1. The Kier molecular flexibility index (Phi) is 5.35. The molecule has 2 aromatic heterocycles. The summed E-state index contributed by atoms with van der Waals surface area (Å²) in [7, 11) is 0. The number of rotatable bonds is 6. The van der Waals surface area contributed by atoms with Crippen molar-refractivity contribution in [2.45, 2.75) is 18.8 Å². The molecule has 6 heteroatoms. The molecule has 2 heterocycles. The Morgan fingerprint density at radius 1 is 1.00 bits per heavy atom. The van der Waals surface area contributed by atoms with Gasteiger partial charge in [0.1, 0.15) is 5.82 Å². The average Bonchev–Trinajstić information content (AvgIpc) is 3.17. The van der Waals surface area contributed by atoms with Crippen LogP contribution in [0.3, 0.4) is 0 Å².